The predicted molar refractivity (Wildman–Crippen MR) is 81.8 cm³/mol. The van der Waals surface area contributed by atoms with E-state index in [1.54, 1.807) is 17.4 Å². The molecule has 0 aliphatic heterocycles. The zero-order chi connectivity index (χ0) is 14.4. The fraction of sp³-hybridized carbons (Fsp3) is 0.375. The van der Waals surface area contributed by atoms with Gasteiger partial charge in [-0.15, -0.1) is 11.3 Å². The van der Waals surface area contributed by atoms with Crippen LogP contribution in [0.25, 0.3) is 0 Å². The van der Waals surface area contributed by atoms with Gasteiger partial charge in [0.15, 0.2) is 0 Å². The third-order valence-electron chi connectivity index (χ3n) is 2.95. The zero-order valence-electron chi connectivity index (χ0n) is 11.9. The molecule has 1 aromatic carbocycles. The second-order valence-electron chi connectivity index (χ2n) is 4.74. The first-order chi connectivity index (χ1) is 9.69. The molecule has 0 radical (unpaired) electrons. The molecule has 1 aromatic heterocycles. The Bertz CT molecular complexity index is 553. The largest absolute Gasteiger partial charge is 0.488 e. The molecule has 0 atom stereocenters. The SMILES string of the molecule is CCCNCc1ccc(COc2ccc(F)cc2C)s1. The number of hydrogen-bond donors (Lipinski definition) is 1. The van der Waals surface area contributed by atoms with E-state index in [0.717, 1.165) is 30.8 Å². The Labute approximate surface area is 123 Å². The fourth-order valence-electron chi connectivity index (χ4n) is 1.91. The number of benzene rings is 1. The van der Waals surface area contributed by atoms with Crippen LogP contribution in [-0.4, -0.2) is 6.54 Å². The summed E-state index contributed by atoms with van der Waals surface area (Å²) < 4.78 is 18.7. The summed E-state index contributed by atoms with van der Waals surface area (Å²) in [5, 5.41) is 3.38. The van der Waals surface area contributed by atoms with Crippen LogP contribution in [0.4, 0.5) is 4.39 Å². The van der Waals surface area contributed by atoms with Gasteiger partial charge in [-0.25, -0.2) is 4.39 Å². The monoisotopic (exact) mass is 293 g/mol. The van der Waals surface area contributed by atoms with Gasteiger partial charge in [0.25, 0.3) is 0 Å². The number of ether oxygens (including phenoxy) is 1. The van der Waals surface area contributed by atoms with Crippen molar-refractivity contribution in [2.45, 2.75) is 33.4 Å². The Hall–Kier alpha value is -1.39. The van der Waals surface area contributed by atoms with Crippen molar-refractivity contribution < 1.29 is 9.13 Å². The van der Waals surface area contributed by atoms with Gasteiger partial charge in [0.2, 0.25) is 0 Å². The molecule has 0 spiro atoms. The molecule has 2 aromatic rings. The van der Waals surface area contributed by atoms with E-state index >= 15 is 0 Å². The summed E-state index contributed by atoms with van der Waals surface area (Å²) in [6.45, 7) is 6.50. The fourth-order valence-corrected chi connectivity index (χ4v) is 2.81. The number of thiophene rings is 1. The van der Waals surface area contributed by atoms with Crippen LogP contribution in [0.2, 0.25) is 0 Å². The summed E-state index contributed by atoms with van der Waals surface area (Å²) in [6.07, 6.45) is 1.14. The lowest BCUT2D eigenvalue weighted by Crippen LogP contribution is -2.12. The third kappa shape index (κ3) is 4.32. The molecule has 1 N–H and O–H groups in total. The molecule has 0 fully saturated rings. The van der Waals surface area contributed by atoms with Crippen molar-refractivity contribution >= 4 is 11.3 Å². The second-order valence-corrected chi connectivity index (χ2v) is 6.00. The molecule has 1 heterocycles. The predicted octanol–water partition coefficient (Wildman–Crippen LogP) is 4.27. The molecular weight excluding hydrogens is 273 g/mol. The Morgan fingerprint density at radius 3 is 2.75 bits per heavy atom. The van der Waals surface area contributed by atoms with Crippen LogP contribution < -0.4 is 10.1 Å². The maximum Gasteiger partial charge on any atom is 0.123 e. The van der Waals surface area contributed by atoms with Crippen LogP contribution in [0.3, 0.4) is 0 Å². The first-order valence-electron chi connectivity index (χ1n) is 6.86. The molecule has 0 saturated carbocycles. The zero-order valence-corrected chi connectivity index (χ0v) is 12.7. The molecule has 0 aliphatic rings. The summed E-state index contributed by atoms with van der Waals surface area (Å²) in [6, 6.07) is 8.82. The first kappa shape index (κ1) is 15.0. The molecule has 2 nitrogen and oxygen atoms in total. The van der Waals surface area contributed by atoms with Crippen LogP contribution in [0.5, 0.6) is 5.75 Å². The number of nitrogens with one attached hydrogen (secondary N) is 1. The normalized spacial score (nSPS) is 10.8. The Balaban J connectivity index is 1.87. The Morgan fingerprint density at radius 2 is 2.00 bits per heavy atom. The van der Waals surface area contributed by atoms with Crippen LogP contribution in [0.15, 0.2) is 30.3 Å². The quantitative estimate of drug-likeness (QED) is 0.770. The van der Waals surface area contributed by atoms with Crippen LogP contribution in [0.1, 0.15) is 28.7 Å². The summed E-state index contributed by atoms with van der Waals surface area (Å²) in [7, 11) is 0. The smallest absolute Gasteiger partial charge is 0.123 e. The molecule has 20 heavy (non-hydrogen) atoms. The van der Waals surface area contributed by atoms with Gasteiger partial charge in [0, 0.05) is 16.3 Å². The van der Waals surface area contributed by atoms with Crippen molar-refractivity contribution in [3.8, 4) is 5.75 Å². The molecule has 0 amide bonds. The molecule has 108 valence electrons. The van der Waals surface area contributed by atoms with E-state index in [4.69, 9.17) is 4.74 Å². The van der Waals surface area contributed by atoms with Gasteiger partial charge < -0.3 is 10.1 Å². The number of hydrogen-bond acceptors (Lipinski definition) is 3. The lowest BCUT2D eigenvalue weighted by molar-refractivity contribution is 0.307. The minimum atomic E-state index is -0.227. The topological polar surface area (TPSA) is 21.3 Å². The highest BCUT2D eigenvalue weighted by Crippen LogP contribution is 2.22. The van der Waals surface area contributed by atoms with E-state index in [0.29, 0.717) is 6.61 Å². The van der Waals surface area contributed by atoms with Gasteiger partial charge in [-0.1, -0.05) is 6.92 Å². The van der Waals surface area contributed by atoms with Gasteiger partial charge in [0.05, 0.1) is 0 Å². The van der Waals surface area contributed by atoms with E-state index in [-0.39, 0.29) is 5.82 Å². The summed E-state index contributed by atoms with van der Waals surface area (Å²) in [5.74, 6) is 0.515. The standard InChI is InChI=1S/C16H20FNOS/c1-3-8-18-10-14-5-6-15(20-14)11-19-16-7-4-13(17)9-12(16)2/h4-7,9,18H,3,8,10-11H2,1-2H3. The van der Waals surface area contributed by atoms with Crippen molar-refractivity contribution in [3.05, 3.63) is 51.5 Å². The maximum atomic E-state index is 13.0. The molecule has 0 saturated heterocycles. The van der Waals surface area contributed by atoms with Gasteiger partial charge in [-0.05, 0) is 55.8 Å². The van der Waals surface area contributed by atoms with Crippen LogP contribution in [-0.2, 0) is 13.2 Å². The highest BCUT2D eigenvalue weighted by atomic mass is 32.1. The Morgan fingerprint density at radius 1 is 1.20 bits per heavy atom. The minimum Gasteiger partial charge on any atom is -0.488 e. The highest BCUT2D eigenvalue weighted by molar-refractivity contribution is 7.11. The third-order valence-corrected chi connectivity index (χ3v) is 4.01. The van der Waals surface area contributed by atoms with Crippen LogP contribution in [0, 0.1) is 12.7 Å². The number of aryl methyl sites for hydroxylation is 1. The number of rotatable bonds is 7. The summed E-state index contributed by atoms with van der Waals surface area (Å²) in [4.78, 5) is 2.50. The maximum absolute atomic E-state index is 13.0. The second kappa shape index (κ2) is 7.41. The molecule has 0 bridgehead atoms. The highest BCUT2D eigenvalue weighted by Gasteiger charge is 2.04. The minimum absolute atomic E-state index is 0.227. The molecule has 0 unspecified atom stereocenters. The summed E-state index contributed by atoms with van der Waals surface area (Å²) >= 11 is 1.75. The van der Waals surface area contributed by atoms with Gasteiger partial charge in [-0.3, -0.25) is 0 Å². The average molecular weight is 293 g/mol. The van der Waals surface area contributed by atoms with Gasteiger partial charge >= 0.3 is 0 Å². The van der Waals surface area contributed by atoms with E-state index in [1.165, 1.54) is 21.9 Å². The van der Waals surface area contributed by atoms with Crippen LogP contribution >= 0.6 is 11.3 Å². The molecule has 2 rings (SSSR count). The van der Waals surface area contributed by atoms with Crippen molar-refractivity contribution in [2.24, 2.45) is 0 Å². The van der Waals surface area contributed by atoms with Crippen molar-refractivity contribution in [2.75, 3.05) is 6.54 Å². The van der Waals surface area contributed by atoms with E-state index in [1.807, 2.05) is 6.92 Å². The van der Waals surface area contributed by atoms with Gasteiger partial charge in [0.1, 0.15) is 18.2 Å². The van der Waals surface area contributed by atoms with E-state index < -0.39 is 0 Å². The van der Waals surface area contributed by atoms with Gasteiger partial charge in [-0.2, -0.15) is 0 Å². The lowest BCUT2D eigenvalue weighted by Gasteiger charge is -2.07. The lowest BCUT2D eigenvalue weighted by atomic mass is 10.2. The molecule has 4 heteroatoms. The average Bonchev–Trinajstić information content (AvgIpc) is 2.86. The Kier molecular flexibility index (Phi) is 5.56. The van der Waals surface area contributed by atoms with Crippen molar-refractivity contribution in [1.82, 2.24) is 5.32 Å². The summed E-state index contributed by atoms with van der Waals surface area (Å²) in [5.41, 5.74) is 0.825. The first-order valence-corrected chi connectivity index (χ1v) is 7.68. The number of halogens is 1. The van der Waals surface area contributed by atoms with E-state index in [9.17, 15) is 4.39 Å². The van der Waals surface area contributed by atoms with E-state index in [2.05, 4.69) is 24.4 Å². The molecule has 0 aliphatic carbocycles. The van der Waals surface area contributed by atoms with Crippen molar-refractivity contribution in [1.29, 1.82) is 0 Å². The van der Waals surface area contributed by atoms with Crippen molar-refractivity contribution in [3.63, 3.8) is 0 Å². The molecular formula is C16H20FNOS.